The van der Waals surface area contributed by atoms with Crippen LogP contribution in [0.25, 0.3) is 16.8 Å². The molecule has 7 heterocycles. The predicted octanol–water partition coefficient (Wildman–Crippen LogP) is 6.57. The highest BCUT2D eigenvalue weighted by Gasteiger charge is 2.37. The van der Waals surface area contributed by atoms with E-state index in [4.69, 9.17) is 9.84 Å². The zero-order valence-electron chi connectivity index (χ0n) is 36.0. The number of imidazole rings is 1. The fraction of sp³-hybridized carbons (Fsp3) is 0.500. The maximum absolute atomic E-state index is 14.9. The lowest BCUT2D eigenvalue weighted by molar-refractivity contribution is -0.129. The number of methoxy groups -OCH3 is 1. The number of fused-ring (bicyclic) bond motifs is 2. The van der Waals surface area contributed by atoms with Crippen molar-refractivity contribution in [1.29, 1.82) is 0 Å². The Morgan fingerprint density at radius 3 is 2.53 bits per heavy atom. The van der Waals surface area contributed by atoms with E-state index in [1.807, 2.05) is 22.9 Å². The smallest absolute Gasteiger partial charge is 0.324 e. The first-order chi connectivity index (χ1) is 30.0. The number of carbonyl (C=O) groups is 3. The van der Waals surface area contributed by atoms with Crippen LogP contribution in [0.4, 0.5) is 25.1 Å². The Labute approximate surface area is 360 Å². The molecule has 1 N–H and O–H groups in total. The van der Waals surface area contributed by atoms with Gasteiger partial charge in [0, 0.05) is 125 Å². The highest BCUT2D eigenvalue weighted by molar-refractivity contribution is 5.97. The Balaban J connectivity index is 0.868. The van der Waals surface area contributed by atoms with Crippen LogP contribution >= 0.6 is 0 Å². The summed E-state index contributed by atoms with van der Waals surface area (Å²) in [6.45, 7) is 10.2. The first-order valence-electron chi connectivity index (χ1n) is 22.0. The summed E-state index contributed by atoms with van der Waals surface area (Å²) in [7, 11) is 3.40. The third-order valence-corrected chi connectivity index (χ3v) is 13.9. The van der Waals surface area contributed by atoms with Gasteiger partial charge in [-0.2, -0.15) is 5.10 Å². The van der Waals surface area contributed by atoms with E-state index in [1.54, 1.807) is 46.9 Å². The lowest BCUT2D eigenvalue weighted by atomic mass is 9.88. The van der Waals surface area contributed by atoms with Crippen molar-refractivity contribution in [2.45, 2.75) is 77.4 Å². The molecule has 0 spiro atoms. The molecule has 0 bridgehead atoms. The molecule has 16 heteroatoms. The van der Waals surface area contributed by atoms with Crippen molar-refractivity contribution in [3.8, 4) is 16.9 Å². The van der Waals surface area contributed by atoms with Crippen LogP contribution in [0.15, 0.2) is 66.8 Å². The van der Waals surface area contributed by atoms with Gasteiger partial charge in [0.25, 0.3) is 6.43 Å². The number of amides is 4. The highest BCUT2D eigenvalue weighted by atomic mass is 19.3. The van der Waals surface area contributed by atoms with Crippen molar-refractivity contribution in [3.63, 3.8) is 0 Å². The first kappa shape index (κ1) is 41.6. The Morgan fingerprint density at radius 2 is 1.81 bits per heavy atom. The second kappa shape index (κ2) is 17.2. The number of carbonyl (C=O) groups excluding carboxylic acids is 3. The van der Waals surface area contributed by atoms with Crippen LogP contribution in [0.5, 0.6) is 5.75 Å². The number of nitrogens with zero attached hydrogens (tertiary/aromatic N) is 9. The minimum Gasteiger partial charge on any atom is -0.495 e. The van der Waals surface area contributed by atoms with Crippen LogP contribution in [-0.2, 0) is 22.6 Å². The summed E-state index contributed by atoms with van der Waals surface area (Å²) in [5.74, 6) is 1.68. The van der Waals surface area contributed by atoms with Crippen molar-refractivity contribution in [3.05, 3.63) is 83.6 Å². The molecule has 3 fully saturated rings. The molecule has 2 unspecified atom stereocenters. The zero-order valence-corrected chi connectivity index (χ0v) is 36.0. The van der Waals surface area contributed by atoms with Gasteiger partial charge in [-0.25, -0.2) is 18.6 Å². The number of pyridine rings is 1. The number of halogens is 2. The summed E-state index contributed by atoms with van der Waals surface area (Å²) in [5.41, 5.74) is 5.35. The molecule has 4 aliphatic heterocycles. The van der Waals surface area contributed by atoms with Crippen molar-refractivity contribution in [2.24, 2.45) is 11.8 Å². The quantitative estimate of drug-likeness (QED) is 0.189. The molecule has 1 aromatic carbocycles. The molecular formula is C46H56F2N10O4. The second-order valence-electron chi connectivity index (χ2n) is 17.5. The number of hydrogen-bond acceptors (Lipinski definition) is 9. The number of ether oxygens (including phenoxy) is 1. The van der Waals surface area contributed by atoms with Gasteiger partial charge in [-0.05, 0) is 61.4 Å². The van der Waals surface area contributed by atoms with Gasteiger partial charge in [0.05, 0.1) is 31.9 Å². The minimum atomic E-state index is -2.75. The predicted molar refractivity (Wildman–Crippen MR) is 231 cm³/mol. The third kappa shape index (κ3) is 7.93. The SMILES string of the molecule is COc1cn2ccnc2cc1-c1ccc(N(C)c2nn(C3CCN(CC4CCN(C5=CC=CC(N6CCC(=O)NC6=O)C5C)CC4)CC3)c3c2CN(C(C)=O)CC3)cc1C(F)F. The molecule has 0 radical (unpaired) electrons. The van der Waals surface area contributed by atoms with Gasteiger partial charge in [-0.15, -0.1) is 0 Å². The summed E-state index contributed by atoms with van der Waals surface area (Å²) >= 11 is 0. The summed E-state index contributed by atoms with van der Waals surface area (Å²) < 4.78 is 39.4. The molecule has 14 nitrogen and oxygen atoms in total. The number of hydrogen-bond donors (Lipinski definition) is 1. The first-order valence-corrected chi connectivity index (χ1v) is 22.0. The van der Waals surface area contributed by atoms with Gasteiger partial charge in [0.15, 0.2) is 5.82 Å². The van der Waals surface area contributed by atoms with Crippen molar-refractivity contribution < 1.29 is 27.9 Å². The van der Waals surface area contributed by atoms with E-state index >= 15 is 0 Å². The Morgan fingerprint density at radius 1 is 1.02 bits per heavy atom. The average molecular weight is 851 g/mol. The number of imide groups is 1. The van der Waals surface area contributed by atoms with Crippen molar-refractivity contribution >= 4 is 35.0 Å². The van der Waals surface area contributed by atoms with E-state index in [9.17, 15) is 23.2 Å². The maximum atomic E-state index is 14.9. The number of alkyl halides is 2. The van der Waals surface area contributed by atoms with E-state index in [-0.39, 0.29) is 41.4 Å². The summed E-state index contributed by atoms with van der Waals surface area (Å²) in [5, 5.41) is 7.73. The number of benzene rings is 1. The normalized spacial score (nSPS) is 21.7. The summed E-state index contributed by atoms with van der Waals surface area (Å²) in [4.78, 5) is 52.0. The van der Waals surface area contributed by atoms with Gasteiger partial charge in [0.1, 0.15) is 11.4 Å². The topological polar surface area (TPSA) is 124 Å². The van der Waals surface area contributed by atoms with Crippen LogP contribution in [0.1, 0.15) is 75.2 Å². The monoisotopic (exact) mass is 850 g/mol. The molecule has 4 aromatic rings. The van der Waals surface area contributed by atoms with E-state index < -0.39 is 6.43 Å². The van der Waals surface area contributed by atoms with E-state index in [1.165, 1.54) is 18.9 Å². The molecule has 2 atom stereocenters. The number of anilines is 2. The molecule has 5 aliphatic rings. The lowest BCUT2D eigenvalue weighted by Gasteiger charge is -2.44. The van der Waals surface area contributed by atoms with Gasteiger partial charge in [-0.1, -0.05) is 25.1 Å². The standard InChI is InChI=1S/C46H56F2N10O4/c1-29-38(6-5-7-39(29)57-22-15-43(60)50-46(57)61)54-19-10-31(11-20-54)26-53-17-12-32(13-18-53)58-40-14-21-55(30(2)59)27-37(40)45(51-58)52(3)33-8-9-34(36(24-33)44(47)48)35-25-42-49-16-23-56(42)28-41(35)62-4/h5-9,16,23-25,28-29,31-32,39,44H,10-15,17-22,26-27H2,1-4H3,(H,50,60,61). The molecule has 0 saturated carbocycles. The Bertz CT molecular complexity index is 2410. The van der Waals surface area contributed by atoms with E-state index in [2.05, 4.69) is 49.9 Å². The summed E-state index contributed by atoms with van der Waals surface area (Å²) in [6.07, 6.45) is 13.9. The Hall–Kier alpha value is -5.77. The molecule has 3 saturated heterocycles. The third-order valence-electron chi connectivity index (χ3n) is 13.9. The highest BCUT2D eigenvalue weighted by Crippen LogP contribution is 2.42. The number of allylic oxidation sites excluding steroid dienone is 2. The number of aromatic nitrogens is 4. The van der Waals surface area contributed by atoms with Gasteiger partial charge in [-0.3, -0.25) is 19.6 Å². The largest absolute Gasteiger partial charge is 0.495 e. The summed E-state index contributed by atoms with van der Waals surface area (Å²) in [6, 6.07) is 6.68. The number of rotatable bonds is 10. The van der Waals surface area contributed by atoms with Gasteiger partial charge >= 0.3 is 6.03 Å². The molecule has 9 rings (SSSR count). The molecule has 3 aromatic heterocycles. The number of nitrogens with one attached hydrogen (secondary N) is 1. The molecule has 62 heavy (non-hydrogen) atoms. The fourth-order valence-corrected chi connectivity index (χ4v) is 10.4. The molecule has 4 amide bonds. The van der Waals surface area contributed by atoms with E-state index in [0.717, 1.165) is 69.7 Å². The van der Waals surface area contributed by atoms with Crippen LogP contribution < -0.4 is 15.0 Å². The fourth-order valence-electron chi connectivity index (χ4n) is 10.4. The van der Waals surface area contributed by atoms with E-state index in [0.29, 0.717) is 72.4 Å². The van der Waals surface area contributed by atoms with Crippen molar-refractivity contribution in [2.75, 3.05) is 64.9 Å². The van der Waals surface area contributed by atoms with Gasteiger partial charge in [0.2, 0.25) is 11.8 Å². The van der Waals surface area contributed by atoms with Crippen LogP contribution in [0, 0.1) is 11.8 Å². The second-order valence-corrected chi connectivity index (χ2v) is 17.5. The molecule has 1 aliphatic carbocycles. The molecular weight excluding hydrogens is 795 g/mol. The van der Waals surface area contributed by atoms with Crippen LogP contribution in [-0.4, -0.2) is 123 Å². The minimum absolute atomic E-state index is 0.000109. The average Bonchev–Trinajstić information content (AvgIpc) is 3.91. The van der Waals surface area contributed by atoms with Gasteiger partial charge < -0.3 is 33.6 Å². The van der Waals surface area contributed by atoms with Crippen molar-refractivity contribution in [1.82, 2.24) is 44.1 Å². The maximum Gasteiger partial charge on any atom is 0.324 e. The van der Waals surface area contributed by atoms with Crippen LogP contribution in [0.3, 0.4) is 0 Å². The molecule has 328 valence electrons. The zero-order chi connectivity index (χ0) is 43.2. The number of likely N-dealkylation sites (tertiary alicyclic amines) is 2. The number of piperidine rings is 2. The Kier molecular flexibility index (Phi) is 11.5. The number of urea groups is 1. The lowest BCUT2D eigenvalue weighted by Crippen LogP contribution is -2.55. The van der Waals surface area contributed by atoms with Crippen LogP contribution in [0.2, 0.25) is 0 Å².